The monoisotopic (exact) mass is 325 g/mol. The maximum Gasteiger partial charge on any atom is 0.245 e. The molecule has 0 aromatic heterocycles. The Kier molecular flexibility index (Phi) is 3.46. The largest absolute Gasteiger partial charge is 0.371 e. The van der Waals surface area contributed by atoms with E-state index < -0.39 is 14.9 Å². The summed E-state index contributed by atoms with van der Waals surface area (Å²) in [7, 11) is -3.80. The van der Waals surface area contributed by atoms with Crippen LogP contribution in [0, 0.1) is 5.92 Å². The van der Waals surface area contributed by atoms with E-state index in [0.29, 0.717) is 13.0 Å². The van der Waals surface area contributed by atoms with Crippen LogP contribution in [0.3, 0.4) is 0 Å². The Hall–Kier alpha value is -1.51. The number of rotatable bonds is 3. The molecule has 112 valence electrons. The number of carbonyl (C=O) groups excluding carboxylic acids is 1. The van der Waals surface area contributed by atoms with Crippen molar-refractivity contribution in [3.8, 4) is 0 Å². The molecule has 2 heterocycles. The van der Waals surface area contributed by atoms with E-state index in [1.54, 1.807) is 0 Å². The SMILES string of the molecule is NS(=O)(=O)C1=CNC(c2ccccc2)(C2CCNC2=O)S1. The molecule has 0 saturated carbocycles. The summed E-state index contributed by atoms with van der Waals surface area (Å²) in [4.78, 5) is 11.3. The fourth-order valence-electron chi connectivity index (χ4n) is 2.71. The first-order chi connectivity index (χ1) is 9.93. The van der Waals surface area contributed by atoms with Crippen LogP contribution in [0.4, 0.5) is 0 Å². The second-order valence-electron chi connectivity index (χ2n) is 4.99. The van der Waals surface area contributed by atoms with Gasteiger partial charge in [0.05, 0.1) is 5.92 Å². The molecule has 0 spiro atoms. The van der Waals surface area contributed by atoms with Gasteiger partial charge in [0.15, 0.2) is 0 Å². The highest BCUT2D eigenvalue weighted by atomic mass is 32.3. The highest BCUT2D eigenvalue weighted by Gasteiger charge is 2.51. The zero-order valence-electron chi connectivity index (χ0n) is 11.1. The van der Waals surface area contributed by atoms with Gasteiger partial charge >= 0.3 is 0 Å². The molecule has 2 aliphatic rings. The van der Waals surface area contributed by atoms with Crippen molar-refractivity contribution in [1.29, 1.82) is 0 Å². The lowest BCUT2D eigenvalue weighted by Crippen LogP contribution is -2.44. The summed E-state index contributed by atoms with van der Waals surface area (Å²) in [6.07, 6.45) is 2.03. The highest BCUT2D eigenvalue weighted by molar-refractivity contribution is 8.18. The molecule has 2 unspecified atom stereocenters. The molecular weight excluding hydrogens is 310 g/mol. The van der Waals surface area contributed by atoms with Crippen LogP contribution in [0.1, 0.15) is 12.0 Å². The summed E-state index contributed by atoms with van der Waals surface area (Å²) < 4.78 is 23.2. The molecule has 1 aromatic carbocycles. The maximum atomic E-state index is 12.1. The van der Waals surface area contributed by atoms with Crippen LogP contribution in [0.5, 0.6) is 0 Å². The number of carbonyl (C=O) groups is 1. The molecule has 8 heteroatoms. The van der Waals surface area contributed by atoms with Crippen LogP contribution < -0.4 is 15.8 Å². The summed E-state index contributed by atoms with van der Waals surface area (Å²) in [5, 5.41) is 11.1. The molecule has 3 rings (SSSR count). The summed E-state index contributed by atoms with van der Waals surface area (Å²) in [5.74, 6) is -0.441. The summed E-state index contributed by atoms with van der Waals surface area (Å²) in [6, 6.07) is 9.36. The molecule has 1 fully saturated rings. The second kappa shape index (κ2) is 5.04. The summed E-state index contributed by atoms with van der Waals surface area (Å²) >= 11 is 1.10. The molecule has 2 aliphatic heterocycles. The lowest BCUT2D eigenvalue weighted by Gasteiger charge is -2.34. The lowest BCUT2D eigenvalue weighted by atomic mass is 9.91. The molecular formula is C13H15N3O3S2. The van der Waals surface area contributed by atoms with Gasteiger partial charge in [0.25, 0.3) is 0 Å². The topological polar surface area (TPSA) is 101 Å². The average molecular weight is 325 g/mol. The van der Waals surface area contributed by atoms with E-state index in [2.05, 4.69) is 10.6 Å². The van der Waals surface area contributed by atoms with Crippen LogP contribution >= 0.6 is 11.8 Å². The molecule has 2 atom stereocenters. The number of primary sulfonamides is 1. The smallest absolute Gasteiger partial charge is 0.245 e. The first-order valence-corrected chi connectivity index (χ1v) is 8.83. The fourth-order valence-corrected chi connectivity index (χ4v) is 4.96. The molecule has 1 aromatic rings. The predicted octanol–water partition coefficient (Wildman–Crippen LogP) is 0.399. The molecule has 6 nitrogen and oxygen atoms in total. The minimum Gasteiger partial charge on any atom is -0.371 e. The van der Waals surface area contributed by atoms with Gasteiger partial charge in [-0.1, -0.05) is 42.1 Å². The summed E-state index contributed by atoms with van der Waals surface area (Å²) in [5.41, 5.74) is 0.854. The van der Waals surface area contributed by atoms with Crippen molar-refractivity contribution in [2.24, 2.45) is 11.1 Å². The minimum absolute atomic E-state index is 0.0473. The van der Waals surface area contributed by atoms with Crippen LogP contribution in [0.25, 0.3) is 0 Å². The number of nitrogens with two attached hydrogens (primary N) is 1. The third-order valence-electron chi connectivity index (χ3n) is 3.69. The van der Waals surface area contributed by atoms with E-state index in [1.165, 1.54) is 6.20 Å². The standard InChI is InChI=1S/C13H15N3O3S2/c14-21(18,19)11-8-16-13(20-11,9-4-2-1-3-5-9)10-6-7-15-12(10)17/h1-5,8,10,16H,6-7H2,(H,15,17)(H2,14,18,19). The van der Waals surface area contributed by atoms with Crippen molar-refractivity contribution in [3.05, 3.63) is 46.3 Å². The predicted molar refractivity (Wildman–Crippen MR) is 81.2 cm³/mol. The third-order valence-corrected chi connectivity index (χ3v) is 6.59. The van der Waals surface area contributed by atoms with E-state index in [9.17, 15) is 13.2 Å². The van der Waals surface area contributed by atoms with Gasteiger partial charge in [0.1, 0.15) is 9.11 Å². The van der Waals surface area contributed by atoms with Crippen molar-refractivity contribution in [1.82, 2.24) is 10.6 Å². The van der Waals surface area contributed by atoms with Gasteiger partial charge in [-0.3, -0.25) is 4.79 Å². The number of benzene rings is 1. The van der Waals surface area contributed by atoms with Gasteiger partial charge in [-0.15, -0.1) is 0 Å². The van der Waals surface area contributed by atoms with Crippen molar-refractivity contribution < 1.29 is 13.2 Å². The Bertz CT molecular complexity index is 703. The number of sulfonamides is 1. The number of hydrogen-bond acceptors (Lipinski definition) is 5. The zero-order chi connectivity index (χ0) is 15.1. The van der Waals surface area contributed by atoms with Crippen LogP contribution in [-0.4, -0.2) is 20.9 Å². The van der Waals surface area contributed by atoms with E-state index in [-0.39, 0.29) is 16.1 Å². The van der Waals surface area contributed by atoms with Gasteiger partial charge in [0, 0.05) is 12.7 Å². The van der Waals surface area contributed by atoms with E-state index in [4.69, 9.17) is 5.14 Å². The summed E-state index contributed by atoms with van der Waals surface area (Å²) in [6.45, 7) is 0.588. The Morgan fingerprint density at radius 2 is 2.00 bits per heavy atom. The Labute approximate surface area is 127 Å². The van der Waals surface area contributed by atoms with Crippen molar-refractivity contribution in [2.75, 3.05) is 6.54 Å². The maximum absolute atomic E-state index is 12.1. The molecule has 0 radical (unpaired) electrons. The quantitative estimate of drug-likeness (QED) is 0.747. The van der Waals surface area contributed by atoms with Gasteiger partial charge in [-0.25, -0.2) is 13.6 Å². The molecule has 4 N–H and O–H groups in total. The lowest BCUT2D eigenvalue weighted by molar-refractivity contribution is -0.123. The van der Waals surface area contributed by atoms with Crippen LogP contribution in [0.2, 0.25) is 0 Å². The zero-order valence-corrected chi connectivity index (χ0v) is 12.7. The Balaban J connectivity index is 2.05. The van der Waals surface area contributed by atoms with E-state index in [0.717, 1.165) is 17.3 Å². The number of amides is 1. The van der Waals surface area contributed by atoms with Crippen LogP contribution in [-0.2, 0) is 19.7 Å². The molecule has 1 saturated heterocycles. The molecule has 0 aliphatic carbocycles. The van der Waals surface area contributed by atoms with Crippen molar-refractivity contribution in [2.45, 2.75) is 11.3 Å². The number of nitrogens with one attached hydrogen (secondary N) is 2. The van der Waals surface area contributed by atoms with E-state index in [1.807, 2.05) is 30.3 Å². The molecule has 1 amide bonds. The fraction of sp³-hybridized carbons (Fsp3) is 0.308. The number of thioether (sulfide) groups is 1. The molecule has 0 bridgehead atoms. The Morgan fingerprint density at radius 1 is 1.29 bits per heavy atom. The second-order valence-corrected chi connectivity index (χ2v) is 8.06. The normalized spacial score (nSPS) is 28.9. The minimum atomic E-state index is -3.80. The van der Waals surface area contributed by atoms with E-state index >= 15 is 0 Å². The van der Waals surface area contributed by atoms with Crippen molar-refractivity contribution in [3.63, 3.8) is 0 Å². The average Bonchev–Trinajstić information content (AvgIpc) is 3.06. The van der Waals surface area contributed by atoms with Crippen molar-refractivity contribution >= 4 is 27.7 Å². The number of hydrogen-bond donors (Lipinski definition) is 3. The molecule has 21 heavy (non-hydrogen) atoms. The van der Waals surface area contributed by atoms with Gasteiger partial charge < -0.3 is 10.6 Å². The van der Waals surface area contributed by atoms with Gasteiger partial charge in [0.2, 0.25) is 15.9 Å². The third kappa shape index (κ3) is 2.43. The highest BCUT2D eigenvalue weighted by Crippen LogP contribution is 2.51. The Morgan fingerprint density at radius 3 is 2.52 bits per heavy atom. The van der Waals surface area contributed by atoms with Crippen LogP contribution in [0.15, 0.2) is 40.8 Å². The first-order valence-electron chi connectivity index (χ1n) is 6.46. The first kappa shape index (κ1) is 14.4. The van der Waals surface area contributed by atoms with Gasteiger partial charge in [-0.05, 0) is 12.0 Å². The van der Waals surface area contributed by atoms with Gasteiger partial charge in [-0.2, -0.15) is 0 Å².